The summed E-state index contributed by atoms with van der Waals surface area (Å²) >= 11 is 0. The van der Waals surface area contributed by atoms with Crippen LogP contribution in [0.5, 0.6) is 0 Å². The van der Waals surface area contributed by atoms with E-state index in [1.807, 2.05) is 5.32 Å². The molecule has 2 amide bonds. The van der Waals surface area contributed by atoms with E-state index >= 15 is 0 Å². The van der Waals surface area contributed by atoms with Crippen LogP contribution < -0.4 is 23.5 Å². The lowest BCUT2D eigenvalue weighted by atomic mass is 9.95. The van der Waals surface area contributed by atoms with Gasteiger partial charge in [0.05, 0.1) is 6.04 Å². The molecule has 1 unspecified atom stereocenters. The van der Waals surface area contributed by atoms with Crippen molar-refractivity contribution in [2.45, 2.75) is 57.4 Å². The second kappa shape index (κ2) is 8.47. The minimum Gasteiger partial charge on any atom is -1.00 e. The lowest BCUT2D eigenvalue weighted by molar-refractivity contribution is -0.401. The highest BCUT2D eigenvalue weighted by Gasteiger charge is 2.64. The Bertz CT molecular complexity index is 556. The van der Waals surface area contributed by atoms with E-state index in [9.17, 15) is 36.3 Å². The van der Waals surface area contributed by atoms with Gasteiger partial charge in [0, 0.05) is 13.0 Å². The van der Waals surface area contributed by atoms with Crippen molar-refractivity contribution in [1.29, 1.82) is 0 Å². The van der Waals surface area contributed by atoms with E-state index in [0.29, 0.717) is 6.42 Å². The molecule has 1 aliphatic heterocycles. The van der Waals surface area contributed by atoms with Gasteiger partial charge in [0.2, 0.25) is 11.7 Å². The zero-order chi connectivity index (χ0) is 19.7. The fourth-order valence-corrected chi connectivity index (χ4v) is 2.43. The summed E-state index contributed by atoms with van der Waals surface area (Å²) in [5.74, 6) is -10.4. The number of hydrogen-bond acceptors (Lipinski definition) is 3. The van der Waals surface area contributed by atoms with Crippen LogP contribution >= 0.6 is 0 Å². The van der Waals surface area contributed by atoms with Gasteiger partial charge < -0.3 is 28.4 Å². The topological polar surface area (TPSA) is 94.1 Å². The molecule has 0 aliphatic carbocycles. The first-order chi connectivity index (χ1) is 11.2. The van der Waals surface area contributed by atoms with Crippen molar-refractivity contribution in [3.8, 4) is 0 Å². The quantitative estimate of drug-likeness (QED) is 0.462. The van der Waals surface area contributed by atoms with Crippen molar-refractivity contribution >= 4 is 17.6 Å². The van der Waals surface area contributed by atoms with Crippen LogP contribution in [0.2, 0.25) is 0 Å². The fraction of sp³-hybridized carbons (Fsp3) is 0.786. The van der Waals surface area contributed by atoms with E-state index in [0.717, 1.165) is 4.90 Å². The molecular formula is C14H21ClF5N3O3. The minimum absolute atomic E-state index is 0. The molecule has 0 bridgehead atoms. The Morgan fingerprint density at radius 3 is 2.04 bits per heavy atom. The van der Waals surface area contributed by atoms with Crippen LogP contribution in [0, 0.1) is 5.92 Å². The van der Waals surface area contributed by atoms with Crippen molar-refractivity contribution in [2.75, 3.05) is 6.54 Å². The van der Waals surface area contributed by atoms with Crippen LogP contribution in [0.15, 0.2) is 0 Å². The number of Topliss-reactive ketones (excluding diaryl/α,β-unsaturated/α-hetero) is 1. The predicted molar refractivity (Wildman–Crippen MR) is 75.2 cm³/mol. The Hall–Kier alpha value is -1.49. The van der Waals surface area contributed by atoms with Crippen molar-refractivity contribution in [1.82, 2.24) is 10.2 Å². The summed E-state index contributed by atoms with van der Waals surface area (Å²) in [5.41, 5.74) is 3.59. The molecule has 26 heavy (non-hydrogen) atoms. The van der Waals surface area contributed by atoms with Gasteiger partial charge in [-0.25, -0.2) is 0 Å². The van der Waals surface area contributed by atoms with Gasteiger partial charge in [0.1, 0.15) is 6.04 Å². The maximum Gasteiger partial charge on any atom is 0.461 e. The molecule has 1 rings (SSSR count). The molecule has 3 atom stereocenters. The third-order valence-electron chi connectivity index (χ3n) is 4.11. The van der Waals surface area contributed by atoms with E-state index in [1.54, 1.807) is 0 Å². The Morgan fingerprint density at radius 1 is 1.19 bits per heavy atom. The summed E-state index contributed by atoms with van der Waals surface area (Å²) < 4.78 is 63.8. The van der Waals surface area contributed by atoms with Gasteiger partial charge in [-0.2, -0.15) is 22.0 Å². The number of ketones is 1. The summed E-state index contributed by atoms with van der Waals surface area (Å²) in [6, 6.07) is -3.71. The SMILES string of the molecule is CC(C)C(NC(=O)[C@H](C)N1CC[C@@H]([NH3+])C1=O)C(=O)C(F)(F)C(F)(F)F.[Cl-]. The first-order valence-electron chi connectivity index (χ1n) is 7.64. The van der Waals surface area contributed by atoms with Crippen LogP contribution in [0.4, 0.5) is 22.0 Å². The first kappa shape index (κ1) is 24.5. The molecule has 152 valence electrons. The van der Waals surface area contributed by atoms with Gasteiger partial charge in [-0.1, -0.05) is 13.8 Å². The maximum atomic E-state index is 13.3. The fourth-order valence-electron chi connectivity index (χ4n) is 2.43. The molecule has 1 aliphatic rings. The average Bonchev–Trinajstić information content (AvgIpc) is 2.81. The van der Waals surface area contributed by atoms with Gasteiger partial charge in [-0.05, 0) is 12.8 Å². The van der Waals surface area contributed by atoms with Crippen LogP contribution in [-0.4, -0.2) is 59.3 Å². The second-order valence-electron chi connectivity index (χ2n) is 6.36. The van der Waals surface area contributed by atoms with Crippen molar-refractivity contribution in [3.05, 3.63) is 0 Å². The molecule has 0 aromatic heterocycles. The standard InChI is InChI=1S/C14H20F5N3O3.ClH/c1-6(2)9(10(23)13(15,16)14(17,18)19)21-11(24)7(3)22-5-4-8(20)12(22)25;/h6-9H,4-5,20H2,1-3H3,(H,21,24);1H/t7-,8+,9?;/m0./s1. The van der Waals surface area contributed by atoms with Crippen molar-refractivity contribution in [2.24, 2.45) is 5.92 Å². The number of nitrogens with one attached hydrogen (secondary N) is 1. The Kier molecular flexibility index (Phi) is 7.98. The molecule has 6 nitrogen and oxygen atoms in total. The zero-order valence-corrected chi connectivity index (χ0v) is 15.1. The predicted octanol–water partition coefficient (Wildman–Crippen LogP) is -2.87. The highest BCUT2D eigenvalue weighted by molar-refractivity contribution is 5.96. The number of halogens is 6. The van der Waals surface area contributed by atoms with Crippen LogP contribution in [0.3, 0.4) is 0 Å². The lowest BCUT2D eigenvalue weighted by Crippen LogP contribution is -3.00. The summed E-state index contributed by atoms with van der Waals surface area (Å²) in [6.07, 6.45) is -5.66. The normalized spacial score (nSPS) is 20.6. The summed E-state index contributed by atoms with van der Waals surface area (Å²) in [6.45, 7) is 3.97. The lowest BCUT2D eigenvalue weighted by Gasteiger charge is -2.29. The van der Waals surface area contributed by atoms with Crippen LogP contribution in [0.1, 0.15) is 27.2 Å². The van der Waals surface area contributed by atoms with Crippen LogP contribution in [-0.2, 0) is 14.4 Å². The number of quaternary nitrogens is 1. The van der Waals surface area contributed by atoms with E-state index in [2.05, 4.69) is 5.73 Å². The number of carbonyl (C=O) groups excluding carboxylic acids is 3. The number of amides is 2. The van der Waals surface area contributed by atoms with Gasteiger partial charge in [0.15, 0.2) is 6.04 Å². The summed E-state index contributed by atoms with van der Waals surface area (Å²) in [4.78, 5) is 36.8. The minimum atomic E-state index is -6.06. The first-order valence-corrected chi connectivity index (χ1v) is 7.64. The Labute approximate surface area is 153 Å². The van der Waals surface area contributed by atoms with Gasteiger partial charge >= 0.3 is 12.1 Å². The van der Waals surface area contributed by atoms with E-state index in [1.165, 1.54) is 20.8 Å². The third kappa shape index (κ3) is 4.81. The highest BCUT2D eigenvalue weighted by atomic mass is 35.5. The van der Waals surface area contributed by atoms with E-state index in [4.69, 9.17) is 0 Å². The van der Waals surface area contributed by atoms with Gasteiger partial charge in [-0.3, -0.25) is 14.4 Å². The number of alkyl halides is 5. The monoisotopic (exact) mass is 409 g/mol. The zero-order valence-electron chi connectivity index (χ0n) is 14.4. The number of carbonyl (C=O) groups is 3. The van der Waals surface area contributed by atoms with Crippen LogP contribution in [0.25, 0.3) is 0 Å². The Balaban J connectivity index is 0.00000625. The molecular weight excluding hydrogens is 389 g/mol. The molecule has 0 aromatic carbocycles. The molecule has 4 N–H and O–H groups in total. The largest absolute Gasteiger partial charge is 1.00 e. The van der Waals surface area contributed by atoms with E-state index in [-0.39, 0.29) is 19.0 Å². The number of likely N-dealkylation sites (tertiary alicyclic amines) is 1. The Morgan fingerprint density at radius 2 is 1.69 bits per heavy atom. The number of rotatable bonds is 6. The molecule has 0 saturated carbocycles. The number of nitrogens with zero attached hydrogens (tertiary/aromatic N) is 1. The molecule has 0 aromatic rings. The third-order valence-corrected chi connectivity index (χ3v) is 4.11. The van der Waals surface area contributed by atoms with Gasteiger partial charge in [0.25, 0.3) is 5.91 Å². The molecule has 1 saturated heterocycles. The van der Waals surface area contributed by atoms with E-state index < -0.39 is 53.7 Å². The summed E-state index contributed by atoms with van der Waals surface area (Å²) in [7, 11) is 0. The molecule has 0 radical (unpaired) electrons. The highest BCUT2D eigenvalue weighted by Crippen LogP contribution is 2.37. The second-order valence-corrected chi connectivity index (χ2v) is 6.36. The smallest absolute Gasteiger partial charge is 0.461 e. The molecule has 1 heterocycles. The average molecular weight is 410 g/mol. The molecule has 0 spiro atoms. The van der Waals surface area contributed by atoms with Gasteiger partial charge in [-0.15, -0.1) is 0 Å². The van der Waals surface area contributed by atoms with Crippen molar-refractivity contribution in [3.63, 3.8) is 0 Å². The number of hydrogen-bond donors (Lipinski definition) is 2. The maximum absolute atomic E-state index is 13.3. The molecule has 1 fully saturated rings. The van der Waals surface area contributed by atoms with Crippen molar-refractivity contribution < 1.29 is 54.5 Å². The summed E-state index contributed by atoms with van der Waals surface area (Å²) in [5, 5.41) is 1.92. The molecule has 12 heteroatoms.